The molecule has 0 aromatic heterocycles. The van der Waals surface area contributed by atoms with Gasteiger partial charge in [-0.1, -0.05) is 25.1 Å². The molecule has 0 radical (unpaired) electrons. The summed E-state index contributed by atoms with van der Waals surface area (Å²) in [5.41, 5.74) is 0.555. The van der Waals surface area contributed by atoms with E-state index in [2.05, 4.69) is 18.3 Å². The van der Waals surface area contributed by atoms with Crippen LogP contribution in [-0.2, 0) is 16.0 Å². The Morgan fingerprint density at radius 2 is 2.05 bits per heavy atom. The summed E-state index contributed by atoms with van der Waals surface area (Å²) in [6, 6.07) is 8.04. The van der Waals surface area contributed by atoms with Crippen LogP contribution in [0.4, 0.5) is 0 Å². The van der Waals surface area contributed by atoms with Crippen LogP contribution in [0.1, 0.15) is 32.3 Å². The van der Waals surface area contributed by atoms with E-state index < -0.39 is 5.54 Å². The van der Waals surface area contributed by atoms with Gasteiger partial charge in [0.15, 0.2) is 0 Å². The third-order valence-corrected chi connectivity index (χ3v) is 3.62. The molecule has 0 aliphatic rings. The molecule has 0 fully saturated rings. The molecule has 0 amide bonds. The van der Waals surface area contributed by atoms with E-state index in [1.54, 1.807) is 7.05 Å². The number of ether oxygens (including phenoxy) is 2. The lowest BCUT2D eigenvalue weighted by atomic mass is 9.96. The van der Waals surface area contributed by atoms with E-state index in [9.17, 15) is 4.79 Å². The number of esters is 1. The Morgan fingerprint density at radius 1 is 1.35 bits per heavy atom. The van der Waals surface area contributed by atoms with E-state index in [1.165, 1.54) is 12.7 Å². The first-order chi connectivity index (χ1) is 9.57. The maximum atomic E-state index is 11.7. The molecule has 4 nitrogen and oxygen atoms in total. The summed E-state index contributed by atoms with van der Waals surface area (Å²) < 4.78 is 10.6. The zero-order valence-electron chi connectivity index (χ0n) is 12.9. The van der Waals surface area contributed by atoms with Crippen molar-refractivity contribution in [2.75, 3.05) is 20.8 Å². The summed E-state index contributed by atoms with van der Waals surface area (Å²) in [5.74, 6) is 0.688. The van der Waals surface area contributed by atoms with Gasteiger partial charge in [-0.2, -0.15) is 0 Å². The Bertz CT molecular complexity index is 433. The van der Waals surface area contributed by atoms with Crippen molar-refractivity contribution in [1.29, 1.82) is 0 Å². The fraction of sp³-hybridized carbons (Fsp3) is 0.562. The van der Waals surface area contributed by atoms with Gasteiger partial charge in [-0.05, 0) is 44.9 Å². The molecule has 0 aliphatic carbocycles. The van der Waals surface area contributed by atoms with Crippen LogP contribution in [0.2, 0.25) is 0 Å². The molecule has 1 atom stereocenters. The summed E-state index contributed by atoms with van der Waals surface area (Å²) >= 11 is 0. The van der Waals surface area contributed by atoms with Gasteiger partial charge in [0.2, 0.25) is 0 Å². The van der Waals surface area contributed by atoms with E-state index in [0.717, 1.165) is 18.6 Å². The number of carbonyl (C=O) groups is 1. The van der Waals surface area contributed by atoms with Crippen LogP contribution in [0.25, 0.3) is 0 Å². The van der Waals surface area contributed by atoms with E-state index in [-0.39, 0.29) is 5.97 Å². The Kier molecular flexibility index (Phi) is 6.52. The zero-order chi connectivity index (χ0) is 15.0. The number of benzene rings is 1. The highest BCUT2D eigenvalue weighted by atomic mass is 16.5. The summed E-state index contributed by atoms with van der Waals surface area (Å²) in [5, 5.41) is 3.02. The molecule has 0 aliphatic heterocycles. The van der Waals surface area contributed by atoms with Crippen molar-refractivity contribution in [2.24, 2.45) is 0 Å². The van der Waals surface area contributed by atoms with Crippen molar-refractivity contribution in [3.8, 4) is 5.75 Å². The summed E-state index contributed by atoms with van der Waals surface area (Å²) in [6.45, 7) is 4.54. The minimum atomic E-state index is -0.650. The third kappa shape index (κ3) is 4.23. The highest BCUT2D eigenvalue weighted by Crippen LogP contribution is 2.19. The number of methoxy groups -OCH3 is 1. The maximum absolute atomic E-state index is 11.7. The minimum absolute atomic E-state index is 0.242. The lowest BCUT2D eigenvalue weighted by molar-refractivity contribution is -0.148. The molecular formula is C16H25NO3. The molecule has 4 heteroatoms. The van der Waals surface area contributed by atoms with Crippen molar-refractivity contribution in [3.05, 3.63) is 29.8 Å². The molecule has 0 saturated heterocycles. The molecule has 0 spiro atoms. The van der Waals surface area contributed by atoms with Gasteiger partial charge in [-0.25, -0.2) is 0 Å². The largest absolute Gasteiger partial charge is 0.493 e. The molecule has 20 heavy (non-hydrogen) atoms. The fourth-order valence-corrected chi connectivity index (χ4v) is 2.10. The van der Waals surface area contributed by atoms with E-state index >= 15 is 0 Å². The van der Waals surface area contributed by atoms with Crippen LogP contribution < -0.4 is 10.1 Å². The number of rotatable bonds is 8. The molecule has 1 unspecified atom stereocenters. The zero-order valence-corrected chi connectivity index (χ0v) is 12.9. The van der Waals surface area contributed by atoms with Crippen LogP contribution in [-0.4, -0.2) is 32.3 Å². The minimum Gasteiger partial charge on any atom is -0.493 e. The van der Waals surface area contributed by atoms with Gasteiger partial charge >= 0.3 is 5.97 Å². The SMILES string of the molecule is CCc1ccccc1OCCCC(C)(NC)C(=O)OC. The highest BCUT2D eigenvalue weighted by molar-refractivity contribution is 5.80. The van der Waals surface area contributed by atoms with Crippen molar-refractivity contribution in [3.63, 3.8) is 0 Å². The van der Waals surface area contributed by atoms with Gasteiger partial charge in [0.25, 0.3) is 0 Å². The standard InChI is InChI=1S/C16H25NO3/c1-5-13-9-6-7-10-14(13)20-12-8-11-16(2,17-3)15(18)19-4/h6-7,9-10,17H,5,8,11-12H2,1-4H3. The van der Waals surface area contributed by atoms with Crippen LogP contribution in [0.5, 0.6) is 5.75 Å². The predicted molar refractivity (Wildman–Crippen MR) is 80.0 cm³/mol. The Morgan fingerprint density at radius 3 is 2.65 bits per heavy atom. The molecular weight excluding hydrogens is 254 g/mol. The molecule has 1 aromatic carbocycles. The number of para-hydroxylation sites is 1. The second kappa shape index (κ2) is 7.90. The van der Waals surface area contributed by atoms with Crippen LogP contribution in [0, 0.1) is 0 Å². The first-order valence-electron chi connectivity index (χ1n) is 7.05. The van der Waals surface area contributed by atoms with Gasteiger partial charge in [0.1, 0.15) is 11.3 Å². The quantitative estimate of drug-likeness (QED) is 0.587. The Balaban J connectivity index is 2.46. The topological polar surface area (TPSA) is 47.6 Å². The Labute approximate surface area is 121 Å². The number of hydrogen-bond donors (Lipinski definition) is 1. The van der Waals surface area contributed by atoms with Gasteiger partial charge < -0.3 is 14.8 Å². The van der Waals surface area contributed by atoms with Crippen LogP contribution in [0.15, 0.2) is 24.3 Å². The first kappa shape index (κ1) is 16.5. The monoisotopic (exact) mass is 279 g/mol. The van der Waals surface area contributed by atoms with E-state index in [1.807, 2.05) is 25.1 Å². The molecule has 1 rings (SSSR count). The number of likely N-dealkylation sites (N-methyl/N-ethyl adjacent to an activating group) is 1. The van der Waals surface area contributed by atoms with Gasteiger partial charge in [0, 0.05) is 0 Å². The molecule has 0 bridgehead atoms. The average molecular weight is 279 g/mol. The van der Waals surface area contributed by atoms with Crippen LogP contribution >= 0.6 is 0 Å². The number of carbonyl (C=O) groups excluding carboxylic acids is 1. The van der Waals surface area contributed by atoms with E-state index in [0.29, 0.717) is 13.0 Å². The van der Waals surface area contributed by atoms with Crippen LogP contribution in [0.3, 0.4) is 0 Å². The second-order valence-corrected chi connectivity index (χ2v) is 4.99. The maximum Gasteiger partial charge on any atom is 0.325 e. The van der Waals surface area contributed by atoms with Crippen molar-refractivity contribution < 1.29 is 14.3 Å². The molecule has 1 aromatic rings. The fourth-order valence-electron chi connectivity index (χ4n) is 2.10. The summed E-state index contributed by atoms with van der Waals surface area (Å²) in [4.78, 5) is 11.7. The van der Waals surface area contributed by atoms with Crippen molar-refractivity contribution in [2.45, 2.75) is 38.6 Å². The number of hydrogen-bond acceptors (Lipinski definition) is 4. The summed E-state index contributed by atoms with van der Waals surface area (Å²) in [6.07, 6.45) is 2.40. The first-order valence-corrected chi connectivity index (χ1v) is 7.05. The third-order valence-electron chi connectivity index (χ3n) is 3.62. The van der Waals surface area contributed by atoms with Crippen molar-refractivity contribution in [1.82, 2.24) is 5.32 Å². The highest BCUT2D eigenvalue weighted by Gasteiger charge is 2.31. The lowest BCUT2D eigenvalue weighted by Crippen LogP contribution is -2.48. The molecule has 0 saturated carbocycles. The normalized spacial score (nSPS) is 13.6. The van der Waals surface area contributed by atoms with Gasteiger partial charge in [0.05, 0.1) is 13.7 Å². The number of nitrogens with one attached hydrogen (secondary N) is 1. The molecule has 0 heterocycles. The van der Waals surface area contributed by atoms with Crippen molar-refractivity contribution >= 4 is 5.97 Å². The molecule has 1 N–H and O–H groups in total. The smallest absolute Gasteiger partial charge is 0.325 e. The lowest BCUT2D eigenvalue weighted by Gasteiger charge is -2.26. The predicted octanol–water partition coefficient (Wildman–Crippen LogP) is 2.56. The molecule has 112 valence electrons. The Hall–Kier alpha value is -1.55. The summed E-state index contributed by atoms with van der Waals surface area (Å²) in [7, 11) is 3.18. The van der Waals surface area contributed by atoms with E-state index in [4.69, 9.17) is 9.47 Å². The number of aryl methyl sites for hydroxylation is 1. The van der Waals surface area contributed by atoms with Gasteiger partial charge in [-0.3, -0.25) is 4.79 Å². The average Bonchev–Trinajstić information content (AvgIpc) is 2.50. The second-order valence-electron chi connectivity index (χ2n) is 4.99. The van der Waals surface area contributed by atoms with Gasteiger partial charge in [-0.15, -0.1) is 0 Å².